The third-order valence-electron chi connectivity index (χ3n) is 1.94. The molecule has 0 aliphatic heterocycles. The Bertz CT molecular complexity index is 513. The van der Waals surface area contributed by atoms with E-state index >= 15 is 0 Å². The Morgan fingerprint density at radius 3 is 2.94 bits per heavy atom. The Morgan fingerprint density at radius 1 is 1.47 bits per heavy atom. The second-order valence-corrected chi connectivity index (χ2v) is 5.25. The van der Waals surface area contributed by atoms with E-state index in [1.807, 2.05) is 26.4 Å². The molecule has 0 aliphatic carbocycles. The maximum absolute atomic E-state index is 4.42. The molecule has 2 aromatic rings. The van der Waals surface area contributed by atoms with Gasteiger partial charge in [0.1, 0.15) is 5.03 Å². The molecule has 90 valence electrons. The Morgan fingerprint density at radius 2 is 2.29 bits per heavy atom. The van der Waals surface area contributed by atoms with E-state index in [2.05, 4.69) is 36.3 Å². The minimum Gasteiger partial charge on any atom is -0.354 e. The minimum absolute atomic E-state index is 0.641. The molecule has 7 heteroatoms. The molecule has 1 N–H and O–H groups in total. The van der Waals surface area contributed by atoms with E-state index in [9.17, 15) is 0 Å². The molecule has 2 aromatic heterocycles. The molecule has 0 aromatic carbocycles. The van der Waals surface area contributed by atoms with Gasteiger partial charge in [0.15, 0.2) is 0 Å². The molecule has 0 aliphatic rings. The SMILES string of the molecule is CCNc1ncc(Br)c(Sc2cnn(C)c2)n1. The van der Waals surface area contributed by atoms with Crippen molar-refractivity contribution in [2.45, 2.75) is 16.8 Å². The lowest BCUT2D eigenvalue weighted by Crippen LogP contribution is -2.02. The number of aryl methyl sites for hydroxylation is 1. The number of nitrogens with zero attached hydrogens (tertiary/aromatic N) is 4. The monoisotopic (exact) mass is 313 g/mol. The van der Waals surface area contributed by atoms with E-state index in [4.69, 9.17) is 0 Å². The summed E-state index contributed by atoms with van der Waals surface area (Å²) in [5.41, 5.74) is 0. The number of aromatic nitrogens is 4. The van der Waals surface area contributed by atoms with Gasteiger partial charge in [0.25, 0.3) is 0 Å². The summed E-state index contributed by atoms with van der Waals surface area (Å²) in [5.74, 6) is 0.641. The molecule has 0 spiro atoms. The van der Waals surface area contributed by atoms with Crippen LogP contribution >= 0.6 is 27.7 Å². The molecule has 0 fully saturated rings. The molecule has 0 bridgehead atoms. The standard InChI is InChI=1S/C10H12BrN5S/c1-3-12-10-13-5-8(11)9(15-10)17-7-4-14-16(2)6-7/h4-6H,3H2,1-2H3,(H,12,13,15). The predicted molar refractivity (Wildman–Crippen MR) is 71.2 cm³/mol. The first-order valence-corrected chi connectivity index (χ1v) is 6.73. The van der Waals surface area contributed by atoms with Crippen LogP contribution in [0.25, 0.3) is 0 Å². The Hall–Kier alpha value is -1.08. The van der Waals surface area contributed by atoms with E-state index in [1.54, 1.807) is 22.6 Å². The van der Waals surface area contributed by atoms with E-state index in [1.165, 1.54) is 0 Å². The summed E-state index contributed by atoms with van der Waals surface area (Å²) in [5, 5.41) is 8.09. The molecule has 0 amide bonds. The molecule has 0 saturated carbocycles. The van der Waals surface area contributed by atoms with Gasteiger partial charge < -0.3 is 5.32 Å². The van der Waals surface area contributed by atoms with Gasteiger partial charge in [-0.3, -0.25) is 4.68 Å². The first-order valence-electron chi connectivity index (χ1n) is 5.12. The number of anilines is 1. The Labute approximate surface area is 112 Å². The van der Waals surface area contributed by atoms with Crippen LogP contribution in [0.3, 0.4) is 0 Å². The van der Waals surface area contributed by atoms with Gasteiger partial charge in [-0.25, -0.2) is 9.97 Å². The highest BCUT2D eigenvalue weighted by atomic mass is 79.9. The van der Waals surface area contributed by atoms with Gasteiger partial charge in [0.05, 0.1) is 15.6 Å². The van der Waals surface area contributed by atoms with Crippen molar-refractivity contribution in [3.63, 3.8) is 0 Å². The van der Waals surface area contributed by atoms with Crippen LogP contribution in [-0.4, -0.2) is 26.3 Å². The van der Waals surface area contributed by atoms with Crippen LogP contribution in [0.1, 0.15) is 6.92 Å². The molecule has 0 unspecified atom stereocenters. The van der Waals surface area contributed by atoms with Gasteiger partial charge >= 0.3 is 0 Å². The van der Waals surface area contributed by atoms with Crippen LogP contribution < -0.4 is 5.32 Å². The summed E-state index contributed by atoms with van der Waals surface area (Å²) >= 11 is 5.00. The number of rotatable bonds is 4. The third-order valence-corrected chi connectivity index (χ3v) is 3.74. The highest BCUT2D eigenvalue weighted by Crippen LogP contribution is 2.31. The molecule has 2 heterocycles. The maximum Gasteiger partial charge on any atom is 0.223 e. The Kier molecular flexibility index (Phi) is 4.01. The third kappa shape index (κ3) is 3.19. The molecule has 2 rings (SSSR count). The van der Waals surface area contributed by atoms with Gasteiger partial charge in [-0.05, 0) is 22.9 Å². The topological polar surface area (TPSA) is 55.6 Å². The normalized spacial score (nSPS) is 10.5. The van der Waals surface area contributed by atoms with Crippen molar-refractivity contribution in [3.05, 3.63) is 23.1 Å². The van der Waals surface area contributed by atoms with Gasteiger partial charge in [-0.1, -0.05) is 11.8 Å². The van der Waals surface area contributed by atoms with Gasteiger partial charge in [0.2, 0.25) is 5.95 Å². The fraction of sp³-hybridized carbons (Fsp3) is 0.300. The maximum atomic E-state index is 4.42. The van der Waals surface area contributed by atoms with E-state index < -0.39 is 0 Å². The van der Waals surface area contributed by atoms with Crippen molar-refractivity contribution in [3.8, 4) is 0 Å². The molecule has 0 saturated heterocycles. The molecule has 0 atom stereocenters. The molecule has 5 nitrogen and oxygen atoms in total. The zero-order chi connectivity index (χ0) is 12.3. The second-order valence-electron chi connectivity index (χ2n) is 3.33. The van der Waals surface area contributed by atoms with E-state index in [0.29, 0.717) is 5.95 Å². The van der Waals surface area contributed by atoms with Crippen LogP contribution in [0.5, 0.6) is 0 Å². The van der Waals surface area contributed by atoms with Crippen LogP contribution in [0.2, 0.25) is 0 Å². The highest BCUT2D eigenvalue weighted by Gasteiger charge is 2.07. The predicted octanol–water partition coefficient (Wildman–Crippen LogP) is 2.56. The van der Waals surface area contributed by atoms with Crippen LogP contribution in [-0.2, 0) is 7.05 Å². The zero-order valence-corrected chi connectivity index (χ0v) is 11.9. The van der Waals surface area contributed by atoms with Crippen molar-refractivity contribution in [1.82, 2.24) is 19.7 Å². The average Bonchev–Trinajstić information content (AvgIpc) is 2.69. The zero-order valence-electron chi connectivity index (χ0n) is 9.51. The number of halogens is 1. The first kappa shape index (κ1) is 12.4. The molecule has 0 radical (unpaired) electrons. The smallest absolute Gasteiger partial charge is 0.223 e. The quantitative estimate of drug-likeness (QED) is 0.879. The second kappa shape index (κ2) is 5.50. The fourth-order valence-corrected chi connectivity index (χ4v) is 2.47. The summed E-state index contributed by atoms with van der Waals surface area (Å²) in [6, 6.07) is 0. The summed E-state index contributed by atoms with van der Waals surface area (Å²) in [6.07, 6.45) is 5.52. The van der Waals surface area contributed by atoms with Crippen molar-refractivity contribution >= 4 is 33.6 Å². The van der Waals surface area contributed by atoms with E-state index in [-0.39, 0.29) is 0 Å². The number of hydrogen-bond acceptors (Lipinski definition) is 5. The van der Waals surface area contributed by atoms with Crippen LogP contribution in [0.4, 0.5) is 5.95 Å². The summed E-state index contributed by atoms with van der Waals surface area (Å²) in [6.45, 7) is 2.82. The largest absolute Gasteiger partial charge is 0.354 e. The fourth-order valence-electron chi connectivity index (χ4n) is 1.23. The van der Waals surface area contributed by atoms with Crippen molar-refractivity contribution < 1.29 is 0 Å². The highest BCUT2D eigenvalue weighted by molar-refractivity contribution is 9.10. The Balaban J connectivity index is 2.22. The van der Waals surface area contributed by atoms with Gasteiger partial charge in [0, 0.05) is 26.0 Å². The number of hydrogen-bond donors (Lipinski definition) is 1. The molecule has 17 heavy (non-hydrogen) atoms. The summed E-state index contributed by atoms with van der Waals surface area (Å²) < 4.78 is 2.65. The lowest BCUT2D eigenvalue weighted by atomic mass is 10.6. The van der Waals surface area contributed by atoms with Gasteiger partial charge in [-0.2, -0.15) is 5.10 Å². The minimum atomic E-state index is 0.641. The van der Waals surface area contributed by atoms with Crippen LogP contribution in [0.15, 0.2) is 33.0 Å². The van der Waals surface area contributed by atoms with Crippen molar-refractivity contribution in [2.75, 3.05) is 11.9 Å². The summed E-state index contributed by atoms with van der Waals surface area (Å²) in [4.78, 5) is 9.65. The number of nitrogens with one attached hydrogen (secondary N) is 1. The van der Waals surface area contributed by atoms with Crippen LogP contribution in [0, 0.1) is 0 Å². The van der Waals surface area contributed by atoms with Crippen molar-refractivity contribution in [2.24, 2.45) is 7.05 Å². The lowest BCUT2D eigenvalue weighted by molar-refractivity contribution is 0.766. The van der Waals surface area contributed by atoms with E-state index in [0.717, 1.165) is 20.9 Å². The summed E-state index contributed by atoms with van der Waals surface area (Å²) in [7, 11) is 1.89. The molecular formula is C10H12BrN5S. The van der Waals surface area contributed by atoms with Crippen molar-refractivity contribution in [1.29, 1.82) is 0 Å². The average molecular weight is 314 g/mol. The molecular weight excluding hydrogens is 302 g/mol. The van der Waals surface area contributed by atoms with Gasteiger partial charge in [-0.15, -0.1) is 0 Å². The first-order chi connectivity index (χ1) is 8.19. The lowest BCUT2D eigenvalue weighted by Gasteiger charge is -2.05.